The summed E-state index contributed by atoms with van der Waals surface area (Å²) in [6.45, 7) is 10.7. The maximum absolute atomic E-state index is 6.16. The molecule has 0 atom stereocenters. The quantitative estimate of drug-likeness (QED) is 0.363. The third kappa shape index (κ3) is 4.72. The zero-order chi connectivity index (χ0) is 16.6. The van der Waals surface area contributed by atoms with E-state index in [0.717, 1.165) is 0 Å². The van der Waals surface area contributed by atoms with Crippen LogP contribution < -0.4 is 0 Å². The Morgan fingerprint density at radius 3 is 1.19 bits per heavy atom. The van der Waals surface area contributed by atoms with Gasteiger partial charge in [0.25, 0.3) is 0 Å². The lowest BCUT2D eigenvalue weighted by molar-refractivity contribution is -0.515. The van der Waals surface area contributed by atoms with Crippen LogP contribution in [0.15, 0.2) is 20.1 Å². The predicted molar refractivity (Wildman–Crippen MR) is 84.0 cm³/mol. The van der Waals surface area contributed by atoms with Gasteiger partial charge >= 0.3 is 5.79 Å². The van der Waals surface area contributed by atoms with Gasteiger partial charge in [0.05, 0.1) is 21.3 Å². The van der Waals surface area contributed by atoms with E-state index in [1.54, 1.807) is 41.5 Å². The van der Waals surface area contributed by atoms with Gasteiger partial charge in [0.2, 0.25) is 0 Å². The first-order chi connectivity index (χ1) is 9.30. The number of hydrogen-bond acceptors (Lipinski definition) is 4. The molecule has 0 spiro atoms. The van der Waals surface area contributed by atoms with Crippen LogP contribution in [0.1, 0.15) is 41.5 Å². The molecule has 0 N–H and O–H groups in total. The van der Waals surface area contributed by atoms with Crippen LogP contribution in [0.5, 0.6) is 0 Å². The van der Waals surface area contributed by atoms with Crippen LogP contribution in [0.2, 0.25) is 0 Å². The first-order valence-corrected chi connectivity index (χ1v) is 7.67. The van der Waals surface area contributed by atoms with E-state index in [-0.39, 0.29) is 20.1 Å². The summed E-state index contributed by atoms with van der Waals surface area (Å²) in [6, 6.07) is 0. The second-order valence-electron chi connectivity index (χ2n) is 6.43. The van der Waals surface area contributed by atoms with Gasteiger partial charge in [-0.1, -0.05) is 46.4 Å². The summed E-state index contributed by atoms with van der Waals surface area (Å²) in [5, 5.41) is -0.128. The Balaban J connectivity index is 3.13. The van der Waals surface area contributed by atoms with Crippen LogP contribution in [0, 0.1) is 0 Å². The molecule has 0 aromatic carbocycles. The van der Waals surface area contributed by atoms with E-state index in [1.807, 2.05) is 0 Å². The zero-order valence-corrected chi connectivity index (χ0v) is 15.7. The first-order valence-electron chi connectivity index (χ1n) is 6.16. The van der Waals surface area contributed by atoms with E-state index in [4.69, 9.17) is 66.0 Å². The Hall–Kier alpha value is 0.480. The highest BCUT2D eigenvalue weighted by molar-refractivity contribution is 6.53. The molecule has 0 aromatic heterocycles. The molecule has 0 bridgehead atoms. The Bertz CT molecular complexity index is 428. The van der Waals surface area contributed by atoms with E-state index >= 15 is 0 Å². The lowest BCUT2D eigenvalue weighted by Crippen LogP contribution is -2.41. The third-order valence-electron chi connectivity index (χ3n) is 1.97. The molecule has 0 saturated carbocycles. The largest absolute Gasteiger partial charge is 0.307 e. The van der Waals surface area contributed by atoms with Gasteiger partial charge in [-0.2, -0.15) is 9.78 Å². The first kappa shape index (κ1) is 19.5. The fourth-order valence-corrected chi connectivity index (χ4v) is 2.19. The van der Waals surface area contributed by atoms with Crippen LogP contribution >= 0.6 is 46.4 Å². The van der Waals surface area contributed by atoms with E-state index in [2.05, 4.69) is 0 Å². The van der Waals surface area contributed by atoms with E-state index in [0.29, 0.717) is 0 Å². The van der Waals surface area contributed by atoms with Crippen molar-refractivity contribution < 1.29 is 19.6 Å². The van der Waals surface area contributed by atoms with Crippen LogP contribution in [0.25, 0.3) is 0 Å². The highest BCUT2D eigenvalue weighted by atomic mass is 35.5. The monoisotopic (exact) mass is 378 g/mol. The molecule has 0 saturated heterocycles. The molecule has 0 heterocycles. The number of hydrogen-bond donors (Lipinski definition) is 0. The second-order valence-corrected chi connectivity index (χ2v) is 7.94. The minimum Gasteiger partial charge on any atom is -0.227 e. The summed E-state index contributed by atoms with van der Waals surface area (Å²) in [6.07, 6.45) is 0. The van der Waals surface area contributed by atoms with Crippen LogP contribution in [0.3, 0.4) is 0 Å². The summed E-state index contributed by atoms with van der Waals surface area (Å²) < 4.78 is 0. The van der Waals surface area contributed by atoms with Crippen LogP contribution in [0.4, 0.5) is 0 Å². The van der Waals surface area contributed by atoms with Crippen molar-refractivity contribution in [3.05, 3.63) is 20.1 Å². The normalized spacial score (nSPS) is 19.7. The summed E-state index contributed by atoms with van der Waals surface area (Å²) >= 11 is 24.3. The summed E-state index contributed by atoms with van der Waals surface area (Å²) in [4.78, 5) is 21.2. The standard InChI is InChI=1S/C13H18Cl4O4/c1-11(2,3)18-20-13(21-19-12(4,5)6)9(16)7(14)8(15)10(13)17/h1-6H3. The number of allylic oxidation sites excluding steroid dienone is 2. The Morgan fingerprint density at radius 1 is 0.667 bits per heavy atom. The minimum absolute atomic E-state index is 0.0124. The molecule has 0 amide bonds. The lowest BCUT2D eigenvalue weighted by Gasteiger charge is -2.32. The van der Waals surface area contributed by atoms with Crippen molar-refractivity contribution in [1.29, 1.82) is 0 Å². The van der Waals surface area contributed by atoms with Crippen LogP contribution in [-0.4, -0.2) is 17.0 Å². The van der Waals surface area contributed by atoms with Gasteiger partial charge in [0.1, 0.15) is 10.1 Å². The maximum atomic E-state index is 6.16. The van der Waals surface area contributed by atoms with Gasteiger partial charge in [-0.05, 0) is 41.5 Å². The SMILES string of the molecule is CC(C)(C)OOC1(OOC(C)(C)C)C(Cl)=C(Cl)C(Cl)=C1Cl. The molecular weight excluding hydrogens is 362 g/mol. The molecule has 1 aliphatic carbocycles. The van der Waals surface area contributed by atoms with E-state index < -0.39 is 17.0 Å². The summed E-state index contributed by atoms with van der Waals surface area (Å²) in [7, 11) is 0. The summed E-state index contributed by atoms with van der Waals surface area (Å²) in [5.74, 6) is -1.85. The van der Waals surface area contributed by atoms with Gasteiger partial charge in [0.15, 0.2) is 0 Å². The third-order valence-corrected chi connectivity index (χ3v) is 3.90. The van der Waals surface area contributed by atoms with Crippen molar-refractivity contribution >= 4 is 46.4 Å². The smallest absolute Gasteiger partial charge is 0.227 e. The zero-order valence-electron chi connectivity index (χ0n) is 12.6. The molecule has 0 unspecified atom stereocenters. The number of rotatable bonds is 4. The molecule has 21 heavy (non-hydrogen) atoms. The topological polar surface area (TPSA) is 36.9 Å². The molecule has 1 aliphatic rings. The molecule has 8 heteroatoms. The van der Waals surface area contributed by atoms with Gasteiger partial charge in [0, 0.05) is 0 Å². The van der Waals surface area contributed by atoms with Crippen molar-refractivity contribution in [3.8, 4) is 0 Å². The Kier molecular flexibility index (Phi) is 6.08. The Morgan fingerprint density at radius 2 is 0.952 bits per heavy atom. The number of halogens is 4. The highest BCUT2D eigenvalue weighted by Crippen LogP contribution is 2.51. The average Bonchev–Trinajstić information content (AvgIpc) is 2.47. The summed E-state index contributed by atoms with van der Waals surface area (Å²) in [5.41, 5.74) is -1.29. The van der Waals surface area contributed by atoms with Crippen molar-refractivity contribution in [2.75, 3.05) is 0 Å². The van der Waals surface area contributed by atoms with Gasteiger partial charge in [-0.3, -0.25) is 0 Å². The van der Waals surface area contributed by atoms with Crippen molar-refractivity contribution in [3.63, 3.8) is 0 Å². The molecule has 0 aliphatic heterocycles. The van der Waals surface area contributed by atoms with Crippen LogP contribution in [-0.2, 0) is 19.6 Å². The second kappa shape index (κ2) is 6.54. The molecule has 0 radical (unpaired) electrons. The van der Waals surface area contributed by atoms with Gasteiger partial charge in [-0.15, -0.1) is 0 Å². The average molecular weight is 380 g/mol. The molecule has 122 valence electrons. The Labute approximate surface area is 144 Å². The molecule has 4 nitrogen and oxygen atoms in total. The fraction of sp³-hybridized carbons (Fsp3) is 0.692. The van der Waals surface area contributed by atoms with Crippen molar-refractivity contribution in [2.45, 2.75) is 58.5 Å². The lowest BCUT2D eigenvalue weighted by atomic mass is 10.2. The van der Waals surface area contributed by atoms with Crippen molar-refractivity contribution in [1.82, 2.24) is 0 Å². The predicted octanol–water partition coefficient (Wildman–Crippen LogP) is 5.57. The molecular formula is C13H18Cl4O4. The molecule has 1 rings (SSSR count). The fourth-order valence-electron chi connectivity index (χ4n) is 1.11. The molecule has 0 fully saturated rings. The maximum Gasteiger partial charge on any atom is 0.307 e. The minimum atomic E-state index is -1.85. The molecule has 0 aromatic rings. The van der Waals surface area contributed by atoms with E-state index in [9.17, 15) is 0 Å². The van der Waals surface area contributed by atoms with E-state index in [1.165, 1.54) is 0 Å². The van der Waals surface area contributed by atoms with Gasteiger partial charge in [-0.25, -0.2) is 9.78 Å². The highest BCUT2D eigenvalue weighted by Gasteiger charge is 2.53. The van der Waals surface area contributed by atoms with Gasteiger partial charge < -0.3 is 0 Å². The van der Waals surface area contributed by atoms with Crippen molar-refractivity contribution in [2.24, 2.45) is 0 Å².